The van der Waals surface area contributed by atoms with E-state index in [1.54, 1.807) is 41.2 Å². The molecular formula is C25H27N5O3S. The first-order valence-electron chi connectivity index (χ1n) is 11.1. The molecule has 0 radical (unpaired) electrons. The number of anilines is 2. The molecule has 0 saturated carbocycles. The van der Waals surface area contributed by atoms with Crippen LogP contribution in [-0.4, -0.2) is 34.8 Å². The number of nitrogens with one attached hydrogen (secondary N) is 2. The Kier molecular flexibility index (Phi) is 6.65. The smallest absolute Gasteiger partial charge is 0.256 e. The molecule has 176 valence electrons. The zero-order valence-corrected chi connectivity index (χ0v) is 20.1. The molecule has 34 heavy (non-hydrogen) atoms. The third kappa shape index (κ3) is 5.09. The molecule has 2 heterocycles. The molecule has 4 aromatic rings. The van der Waals surface area contributed by atoms with E-state index < -0.39 is 10.0 Å². The molecule has 4 rings (SSSR count). The summed E-state index contributed by atoms with van der Waals surface area (Å²) in [4.78, 5) is 18.1. The highest BCUT2D eigenvalue weighted by atomic mass is 32.2. The molecule has 1 amide bonds. The molecule has 2 N–H and O–H groups in total. The van der Waals surface area contributed by atoms with Crippen LogP contribution in [0.25, 0.3) is 22.3 Å². The summed E-state index contributed by atoms with van der Waals surface area (Å²) in [7, 11) is -3.38. The molecule has 0 aliphatic rings. The van der Waals surface area contributed by atoms with Gasteiger partial charge in [-0.25, -0.2) is 18.1 Å². The minimum atomic E-state index is -3.38. The van der Waals surface area contributed by atoms with Crippen molar-refractivity contribution in [3.05, 3.63) is 72.4 Å². The van der Waals surface area contributed by atoms with Crippen molar-refractivity contribution in [2.75, 3.05) is 15.8 Å². The highest BCUT2D eigenvalue weighted by Gasteiger charge is 2.19. The third-order valence-electron chi connectivity index (χ3n) is 5.26. The van der Waals surface area contributed by atoms with Gasteiger partial charge in [0, 0.05) is 23.0 Å². The van der Waals surface area contributed by atoms with E-state index in [4.69, 9.17) is 4.98 Å². The van der Waals surface area contributed by atoms with E-state index in [-0.39, 0.29) is 17.7 Å². The average molecular weight is 478 g/mol. The number of aromatic nitrogens is 3. The van der Waals surface area contributed by atoms with Crippen LogP contribution in [0.2, 0.25) is 0 Å². The quantitative estimate of drug-likeness (QED) is 0.368. The van der Waals surface area contributed by atoms with E-state index in [2.05, 4.69) is 15.1 Å². The summed E-state index contributed by atoms with van der Waals surface area (Å²) in [5.74, 6) is -0.246. The monoisotopic (exact) mass is 477 g/mol. The number of hydrogen-bond acceptors (Lipinski definition) is 5. The van der Waals surface area contributed by atoms with Gasteiger partial charge in [0.2, 0.25) is 10.0 Å². The molecule has 0 saturated heterocycles. The first kappa shape index (κ1) is 23.4. The molecule has 0 bridgehead atoms. The molecule has 2 aromatic carbocycles. The Hall–Kier alpha value is -3.72. The van der Waals surface area contributed by atoms with E-state index in [0.29, 0.717) is 40.1 Å². The van der Waals surface area contributed by atoms with Gasteiger partial charge in [0.1, 0.15) is 0 Å². The van der Waals surface area contributed by atoms with Gasteiger partial charge in [-0.2, -0.15) is 5.10 Å². The SMILES string of the molecule is CCCS(=O)(=O)Nc1ccc(NC(=O)c2cc(-c3ccccc3)nc3c2cnn3C(C)C)cc1. The molecule has 0 fully saturated rings. The van der Waals surface area contributed by atoms with Crippen molar-refractivity contribution in [1.29, 1.82) is 0 Å². The third-order valence-corrected chi connectivity index (χ3v) is 6.75. The Bertz CT molecular complexity index is 1410. The number of benzene rings is 2. The molecule has 0 atom stereocenters. The number of pyridine rings is 1. The van der Waals surface area contributed by atoms with Gasteiger partial charge < -0.3 is 5.32 Å². The van der Waals surface area contributed by atoms with Gasteiger partial charge in [-0.15, -0.1) is 0 Å². The van der Waals surface area contributed by atoms with Crippen LogP contribution in [0.1, 0.15) is 43.6 Å². The Morgan fingerprint density at radius 1 is 1.03 bits per heavy atom. The van der Waals surface area contributed by atoms with Gasteiger partial charge in [-0.1, -0.05) is 37.3 Å². The van der Waals surface area contributed by atoms with Gasteiger partial charge in [0.25, 0.3) is 5.91 Å². The second-order valence-corrected chi connectivity index (χ2v) is 10.1. The van der Waals surface area contributed by atoms with Crippen LogP contribution in [0.3, 0.4) is 0 Å². The van der Waals surface area contributed by atoms with Gasteiger partial charge in [-0.05, 0) is 50.6 Å². The first-order valence-corrected chi connectivity index (χ1v) is 12.8. The average Bonchev–Trinajstić information content (AvgIpc) is 3.24. The minimum absolute atomic E-state index is 0.0529. The highest BCUT2D eigenvalue weighted by molar-refractivity contribution is 7.92. The van der Waals surface area contributed by atoms with Crippen molar-refractivity contribution in [2.24, 2.45) is 0 Å². The fourth-order valence-electron chi connectivity index (χ4n) is 3.66. The summed E-state index contributed by atoms with van der Waals surface area (Å²) in [5, 5.41) is 8.01. The van der Waals surface area contributed by atoms with Crippen LogP contribution in [-0.2, 0) is 10.0 Å². The van der Waals surface area contributed by atoms with Crippen LogP contribution in [0.15, 0.2) is 66.9 Å². The number of sulfonamides is 1. The van der Waals surface area contributed by atoms with Crippen molar-refractivity contribution in [3.8, 4) is 11.3 Å². The lowest BCUT2D eigenvalue weighted by Crippen LogP contribution is -2.16. The molecule has 0 aliphatic heterocycles. The second kappa shape index (κ2) is 9.64. The molecule has 9 heteroatoms. The van der Waals surface area contributed by atoms with Crippen LogP contribution in [0.4, 0.5) is 11.4 Å². The maximum absolute atomic E-state index is 13.3. The summed E-state index contributed by atoms with van der Waals surface area (Å²) < 4.78 is 28.3. The largest absolute Gasteiger partial charge is 0.322 e. The van der Waals surface area contributed by atoms with E-state index in [1.165, 1.54) is 0 Å². The molecule has 0 aliphatic carbocycles. The molecule has 8 nitrogen and oxygen atoms in total. The standard InChI is InChI=1S/C25H27N5O3S/c1-4-14-34(32,33)29-20-12-10-19(11-13-20)27-25(31)21-15-23(18-8-6-5-7-9-18)28-24-22(21)16-26-30(24)17(2)3/h5-13,15-17,29H,4,14H2,1-3H3,(H,27,31). The van der Waals surface area contributed by atoms with E-state index in [0.717, 1.165) is 5.56 Å². The Labute approximate surface area is 199 Å². The maximum atomic E-state index is 13.3. The predicted molar refractivity (Wildman–Crippen MR) is 135 cm³/mol. The summed E-state index contributed by atoms with van der Waals surface area (Å²) >= 11 is 0. The maximum Gasteiger partial charge on any atom is 0.256 e. The highest BCUT2D eigenvalue weighted by Crippen LogP contribution is 2.27. The number of rotatable bonds is 8. The molecular weight excluding hydrogens is 450 g/mol. The van der Waals surface area contributed by atoms with Crippen molar-refractivity contribution < 1.29 is 13.2 Å². The van der Waals surface area contributed by atoms with Crippen LogP contribution < -0.4 is 10.0 Å². The molecule has 2 aromatic heterocycles. The van der Waals surface area contributed by atoms with Crippen LogP contribution >= 0.6 is 0 Å². The van der Waals surface area contributed by atoms with Crippen molar-refractivity contribution in [3.63, 3.8) is 0 Å². The molecule has 0 unspecified atom stereocenters. The summed E-state index contributed by atoms with van der Waals surface area (Å²) in [6.45, 7) is 5.83. The van der Waals surface area contributed by atoms with E-state index >= 15 is 0 Å². The van der Waals surface area contributed by atoms with Gasteiger partial charge in [0.05, 0.1) is 28.6 Å². The van der Waals surface area contributed by atoms with Crippen molar-refractivity contribution in [1.82, 2.24) is 14.8 Å². The molecule has 0 spiro atoms. The van der Waals surface area contributed by atoms with Crippen molar-refractivity contribution in [2.45, 2.75) is 33.2 Å². The lowest BCUT2D eigenvalue weighted by Gasteiger charge is -2.12. The zero-order chi connectivity index (χ0) is 24.3. The Morgan fingerprint density at radius 2 is 1.71 bits per heavy atom. The first-order chi connectivity index (χ1) is 16.3. The van der Waals surface area contributed by atoms with Gasteiger partial charge >= 0.3 is 0 Å². The topological polar surface area (TPSA) is 106 Å². The van der Waals surface area contributed by atoms with Crippen LogP contribution in [0.5, 0.6) is 0 Å². The van der Waals surface area contributed by atoms with Crippen LogP contribution in [0, 0.1) is 0 Å². The Morgan fingerprint density at radius 3 is 2.35 bits per heavy atom. The number of amides is 1. The summed E-state index contributed by atoms with van der Waals surface area (Å²) in [6, 6.07) is 18.1. The number of nitrogens with zero attached hydrogens (tertiary/aromatic N) is 3. The number of fused-ring (bicyclic) bond motifs is 1. The van der Waals surface area contributed by atoms with Gasteiger partial charge in [0.15, 0.2) is 5.65 Å². The lowest BCUT2D eigenvalue weighted by molar-refractivity contribution is 0.102. The van der Waals surface area contributed by atoms with Crippen molar-refractivity contribution >= 4 is 38.3 Å². The summed E-state index contributed by atoms with van der Waals surface area (Å²) in [6.07, 6.45) is 2.19. The number of hydrogen-bond donors (Lipinski definition) is 2. The number of carbonyl (C=O) groups is 1. The van der Waals surface area contributed by atoms with Gasteiger partial charge in [-0.3, -0.25) is 9.52 Å². The predicted octanol–water partition coefficient (Wildman–Crippen LogP) is 5.08. The normalized spacial score (nSPS) is 11.6. The fraction of sp³-hybridized carbons (Fsp3) is 0.240. The van der Waals surface area contributed by atoms with E-state index in [1.807, 2.05) is 51.1 Å². The summed E-state index contributed by atoms with van der Waals surface area (Å²) in [5.41, 5.74) is 3.68. The zero-order valence-electron chi connectivity index (χ0n) is 19.3. The second-order valence-electron chi connectivity index (χ2n) is 8.29. The Balaban J connectivity index is 1.66. The minimum Gasteiger partial charge on any atom is -0.322 e. The lowest BCUT2D eigenvalue weighted by atomic mass is 10.1. The number of carbonyl (C=O) groups excluding carboxylic acids is 1. The fourth-order valence-corrected chi connectivity index (χ4v) is 4.79. The van der Waals surface area contributed by atoms with E-state index in [9.17, 15) is 13.2 Å².